The number of nitrogens with zero attached hydrogens (tertiary/aromatic N) is 3. The van der Waals surface area contributed by atoms with Crippen LogP contribution < -0.4 is 10.5 Å². The van der Waals surface area contributed by atoms with Gasteiger partial charge in [0, 0.05) is 5.56 Å². The number of nitrogens with one attached hydrogen (secondary N) is 1. The van der Waals surface area contributed by atoms with Crippen LogP contribution in [0.4, 0.5) is 0 Å². The van der Waals surface area contributed by atoms with Crippen molar-refractivity contribution in [2.45, 2.75) is 31.3 Å². The molecule has 10 heteroatoms. The Kier molecular flexibility index (Phi) is 5.61. The highest BCUT2D eigenvalue weighted by Gasteiger charge is 2.26. The van der Waals surface area contributed by atoms with Gasteiger partial charge in [-0.1, -0.05) is 31.2 Å². The first-order chi connectivity index (χ1) is 13.3. The van der Waals surface area contributed by atoms with Crippen LogP contribution in [0.1, 0.15) is 25.6 Å². The first-order valence-corrected chi connectivity index (χ1v) is 10.2. The molecule has 28 heavy (non-hydrogen) atoms. The molecular formula is C18H21N5O4S. The molecule has 3 N–H and O–H groups in total. The molecule has 148 valence electrons. The van der Waals surface area contributed by atoms with Crippen LogP contribution in [0.15, 0.2) is 58.2 Å². The molecule has 0 spiro atoms. The molecule has 3 rings (SSSR count). The highest BCUT2D eigenvalue weighted by Crippen LogP contribution is 2.22. The maximum Gasteiger partial charge on any atom is 0.245 e. The minimum atomic E-state index is -3.76. The third kappa shape index (κ3) is 4.46. The Morgan fingerprint density at radius 2 is 1.96 bits per heavy atom. The average molecular weight is 403 g/mol. The molecule has 0 fully saturated rings. The van der Waals surface area contributed by atoms with Crippen molar-refractivity contribution in [3.63, 3.8) is 0 Å². The van der Waals surface area contributed by atoms with Gasteiger partial charge in [0.1, 0.15) is 17.5 Å². The fourth-order valence-corrected chi connectivity index (χ4v) is 3.30. The maximum absolute atomic E-state index is 12.7. The quantitative estimate of drug-likeness (QED) is 0.617. The normalized spacial score (nSPS) is 12.9. The molecule has 0 saturated heterocycles. The Bertz CT molecular complexity index is 1040. The molecule has 1 unspecified atom stereocenters. The van der Waals surface area contributed by atoms with E-state index in [2.05, 4.69) is 15.6 Å². The second-order valence-corrected chi connectivity index (χ2v) is 8.20. The van der Waals surface area contributed by atoms with Crippen molar-refractivity contribution in [2.24, 2.45) is 11.1 Å². The lowest BCUT2D eigenvalue weighted by Crippen LogP contribution is -2.35. The van der Waals surface area contributed by atoms with E-state index in [0.29, 0.717) is 17.0 Å². The summed E-state index contributed by atoms with van der Waals surface area (Å²) in [6.45, 7) is 4.12. The van der Waals surface area contributed by atoms with Crippen LogP contribution in [-0.4, -0.2) is 29.3 Å². The molecule has 1 amide bonds. The molecular weight excluding hydrogens is 382 g/mol. The van der Waals surface area contributed by atoms with Crippen molar-refractivity contribution in [1.82, 2.24) is 20.3 Å². The van der Waals surface area contributed by atoms with Crippen LogP contribution in [0.2, 0.25) is 0 Å². The smallest absolute Gasteiger partial charge is 0.245 e. The number of benzene rings is 1. The summed E-state index contributed by atoms with van der Waals surface area (Å²) in [5.74, 6) is 0.424. The van der Waals surface area contributed by atoms with Crippen molar-refractivity contribution >= 4 is 15.9 Å². The van der Waals surface area contributed by atoms with Gasteiger partial charge in [-0.25, -0.2) is 18.2 Å². The van der Waals surface area contributed by atoms with E-state index in [-0.39, 0.29) is 23.3 Å². The van der Waals surface area contributed by atoms with E-state index < -0.39 is 16.1 Å². The standard InChI is InChI=1S/C18H21N5O4S/c1-12(2)17(18(24)20-10-14-4-3-9-27-14)23-11-16(21-22-23)13-5-7-15(8-6-13)28(19,25)26/h3-9,11-12,17H,10H2,1-2H3,(H,20,24)(H2,19,25,26). The van der Waals surface area contributed by atoms with Gasteiger partial charge in [-0.05, 0) is 30.2 Å². The van der Waals surface area contributed by atoms with Crippen LogP contribution in [0.5, 0.6) is 0 Å². The molecule has 2 heterocycles. The number of sulfonamides is 1. The molecule has 0 aliphatic rings. The number of primary sulfonamides is 1. The van der Waals surface area contributed by atoms with Gasteiger partial charge < -0.3 is 9.73 Å². The third-order valence-electron chi connectivity index (χ3n) is 4.19. The number of hydrogen-bond donors (Lipinski definition) is 2. The second kappa shape index (κ2) is 7.95. The number of furan rings is 1. The Labute approximate surface area is 162 Å². The minimum absolute atomic E-state index is 0.0148. The first-order valence-electron chi connectivity index (χ1n) is 8.61. The summed E-state index contributed by atoms with van der Waals surface area (Å²) in [4.78, 5) is 12.7. The van der Waals surface area contributed by atoms with Gasteiger partial charge in [0.2, 0.25) is 15.9 Å². The third-order valence-corrected chi connectivity index (χ3v) is 5.12. The molecule has 2 aromatic heterocycles. The van der Waals surface area contributed by atoms with Crippen molar-refractivity contribution in [2.75, 3.05) is 0 Å². The molecule has 0 aliphatic carbocycles. The molecule has 0 saturated carbocycles. The number of amides is 1. The Morgan fingerprint density at radius 3 is 2.54 bits per heavy atom. The summed E-state index contributed by atoms with van der Waals surface area (Å²) in [6.07, 6.45) is 3.20. The van der Waals surface area contributed by atoms with Gasteiger partial charge in [-0.15, -0.1) is 5.10 Å². The van der Waals surface area contributed by atoms with Gasteiger partial charge in [0.15, 0.2) is 0 Å². The molecule has 0 bridgehead atoms. The van der Waals surface area contributed by atoms with E-state index in [1.54, 1.807) is 36.7 Å². The lowest BCUT2D eigenvalue weighted by Gasteiger charge is -2.19. The number of rotatable bonds is 7. The number of nitrogens with two attached hydrogens (primary N) is 1. The van der Waals surface area contributed by atoms with E-state index in [9.17, 15) is 13.2 Å². The van der Waals surface area contributed by atoms with Gasteiger partial charge in [-0.3, -0.25) is 4.79 Å². The summed E-state index contributed by atoms with van der Waals surface area (Å²) in [5.41, 5.74) is 1.18. The molecule has 9 nitrogen and oxygen atoms in total. The fourth-order valence-electron chi connectivity index (χ4n) is 2.78. The van der Waals surface area contributed by atoms with Gasteiger partial charge in [-0.2, -0.15) is 0 Å². The average Bonchev–Trinajstić information content (AvgIpc) is 3.31. The zero-order chi connectivity index (χ0) is 20.3. The van der Waals surface area contributed by atoms with Crippen LogP contribution in [0, 0.1) is 5.92 Å². The van der Waals surface area contributed by atoms with Crippen molar-refractivity contribution in [1.29, 1.82) is 0 Å². The Hall–Kier alpha value is -2.98. The lowest BCUT2D eigenvalue weighted by atomic mass is 10.0. The zero-order valence-electron chi connectivity index (χ0n) is 15.4. The van der Waals surface area contributed by atoms with Crippen molar-refractivity contribution < 1.29 is 17.6 Å². The lowest BCUT2D eigenvalue weighted by molar-refractivity contribution is -0.126. The topological polar surface area (TPSA) is 133 Å². The number of carbonyl (C=O) groups excluding carboxylic acids is 1. The van der Waals surface area contributed by atoms with Crippen LogP contribution in [0.3, 0.4) is 0 Å². The predicted octanol–water partition coefficient (Wildman–Crippen LogP) is 1.70. The monoisotopic (exact) mass is 403 g/mol. The van der Waals surface area contributed by atoms with Crippen LogP contribution >= 0.6 is 0 Å². The largest absolute Gasteiger partial charge is 0.467 e. The molecule has 3 aromatic rings. The molecule has 1 aromatic carbocycles. The Balaban J connectivity index is 1.78. The van der Waals surface area contributed by atoms with Gasteiger partial charge >= 0.3 is 0 Å². The van der Waals surface area contributed by atoms with Crippen molar-refractivity contribution in [3.05, 3.63) is 54.6 Å². The summed E-state index contributed by atoms with van der Waals surface area (Å²) in [7, 11) is -3.76. The number of hydrogen-bond acceptors (Lipinski definition) is 6. The highest BCUT2D eigenvalue weighted by molar-refractivity contribution is 7.89. The van der Waals surface area contributed by atoms with Crippen LogP contribution in [0.25, 0.3) is 11.3 Å². The van der Waals surface area contributed by atoms with E-state index >= 15 is 0 Å². The van der Waals surface area contributed by atoms with Gasteiger partial charge in [0.25, 0.3) is 0 Å². The summed E-state index contributed by atoms with van der Waals surface area (Å²) in [6, 6.07) is 8.97. The second-order valence-electron chi connectivity index (χ2n) is 6.64. The highest BCUT2D eigenvalue weighted by atomic mass is 32.2. The van der Waals surface area contributed by atoms with Crippen LogP contribution in [-0.2, 0) is 21.4 Å². The molecule has 0 radical (unpaired) electrons. The SMILES string of the molecule is CC(C)C(C(=O)NCc1ccco1)n1cc(-c2ccc(S(N)(=O)=O)cc2)nn1. The van der Waals surface area contributed by atoms with E-state index in [0.717, 1.165) is 0 Å². The Morgan fingerprint density at radius 1 is 1.25 bits per heavy atom. The minimum Gasteiger partial charge on any atom is -0.467 e. The van der Waals surface area contributed by atoms with E-state index in [4.69, 9.17) is 9.56 Å². The molecule has 1 atom stereocenters. The predicted molar refractivity (Wildman–Crippen MR) is 101 cm³/mol. The molecule has 0 aliphatic heterocycles. The summed E-state index contributed by atoms with van der Waals surface area (Å²) in [5, 5.41) is 16.1. The fraction of sp³-hybridized carbons (Fsp3) is 0.278. The van der Waals surface area contributed by atoms with Gasteiger partial charge in [0.05, 0.1) is 23.9 Å². The van der Waals surface area contributed by atoms with Crippen molar-refractivity contribution in [3.8, 4) is 11.3 Å². The zero-order valence-corrected chi connectivity index (χ0v) is 16.3. The first kappa shape index (κ1) is 19.8. The summed E-state index contributed by atoms with van der Waals surface area (Å²) >= 11 is 0. The number of aromatic nitrogens is 3. The summed E-state index contributed by atoms with van der Waals surface area (Å²) < 4.78 is 29.5. The van der Waals surface area contributed by atoms with E-state index in [1.165, 1.54) is 16.8 Å². The number of carbonyl (C=O) groups is 1. The maximum atomic E-state index is 12.7. The van der Waals surface area contributed by atoms with E-state index in [1.807, 2.05) is 13.8 Å².